The van der Waals surface area contributed by atoms with Crippen molar-refractivity contribution in [2.24, 2.45) is 0 Å². The van der Waals surface area contributed by atoms with Gasteiger partial charge in [-0.3, -0.25) is 0 Å². The summed E-state index contributed by atoms with van der Waals surface area (Å²) < 4.78 is 0. The van der Waals surface area contributed by atoms with Crippen molar-refractivity contribution in [3.63, 3.8) is 0 Å². The summed E-state index contributed by atoms with van der Waals surface area (Å²) >= 11 is 1.98. The Morgan fingerprint density at radius 1 is 1.56 bits per heavy atom. The molecule has 1 aromatic rings. The van der Waals surface area contributed by atoms with Gasteiger partial charge in [0, 0.05) is 29.2 Å². The van der Waals surface area contributed by atoms with Gasteiger partial charge in [0.25, 0.3) is 0 Å². The number of rotatable bonds is 5. The third-order valence-corrected chi connectivity index (χ3v) is 4.28. The molecule has 1 aliphatic heterocycles. The molecule has 0 spiro atoms. The van der Waals surface area contributed by atoms with E-state index < -0.39 is 0 Å². The number of thioether (sulfide) groups is 1. The van der Waals surface area contributed by atoms with E-state index in [1.807, 2.05) is 17.8 Å². The van der Waals surface area contributed by atoms with Gasteiger partial charge >= 0.3 is 0 Å². The van der Waals surface area contributed by atoms with Crippen molar-refractivity contribution < 1.29 is 0 Å². The number of hydrogen-bond donors (Lipinski definition) is 1. The van der Waals surface area contributed by atoms with Crippen LogP contribution in [0.3, 0.4) is 0 Å². The first-order chi connectivity index (χ1) is 7.81. The van der Waals surface area contributed by atoms with Crippen LogP contribution in [0, 0.1) is 0 Å². The molecule has 16 heavy (non-hydrogen) atoms. The van der Waals surface area contributed by atoms with Crippen molar-refractivity contribution in [1.29, 1.82) is 0 Å². The highest BCUT2D eigenvalue weighted by Crippen LogP contribution is 2.38. The van der Waals surface area contributed by atoms with Gasteiger partial charge in [-0.25, -0.2) is 0 Å². The van der Waals surface area contributed by atoms with E-state index in [0.717, 1.165) is 13.0 Å². The largest absolute Gasteiger partial charge is 0.313 e. The third kappa shape index (κ3) is 2.69. The van der Waals surface area contributed by atoms with E-state index in [0.29, 0.717) is 12.0 Å². The van der Waals surface area contributed by atoms with Crippen molar-refractivity contribution in [3.05, 3.63) is 42.5 Å². The summed E-state index contributed by atoms with van der Waals surface area (Å²) in [5.74, 6) is 1.89. The number of fused-ring (bicyclic) bond motifs is 1. The highest BCUT2D eigenvalue weighted by molar-refractivity contribution is 7.99. The van der Waals surface area contributed by atoms with Crippen LogP contribution in [0.4, 0.5) is 0 Å². The van der Waals surface area contributed by atoms with Gasteiger partial charge in [-0.05, 0) is 25.0 Å². The topological polar surface area (TPSA) is 12.0 Å². The summed E-state index contributed by atoms with van der Waals surface area (Å²) in [6.45, 7) is 7.07. The molecule has 0 aliphatic carbocycles. The molecule has 1 N–H and O–H groups in total. The van der Waals surface area contributed by atoms with Crippen LogP contribution >= 0.6 is 11.8 Å². The van der Waals surface area contributed by atoms with E-state index in [4.69, 9.17) is 0 Å². The molecule has 0 saturated heterocycles. The maximum atomic E-state index is 3.77. The van der Waals surface area contributed by atoms with Crippen molar-refractivity contribution in [3.8, 4) is 0 Å². The average molecular weight is 233 g/mol. The zero-order valence-corrected chi connectivity index (χ0v) is 10.6. The molecule has 1 aromatic carbocycles. The molecule has 0 radical (unpaired) electrons. The second kappa shape index (κ2) is 5.55. The Hall–Kier alpha value is -0.730. The Labute approximate surface area is 102 Å². The predicted octanol–water partition coefficient (Wildman–Crippen LogP) is 3.43. The summed E-state index contributed by atoms with van der Waals surface area (Å²) in [4.78, 5) is 1.46. The van der Waals surface area contributed by atoms with Crippen LogP contribution in [-0.4, -0.2) is 18.3 Å². The first-order valence-corrected chi connectivity index (χ1v) is 6.86. The molecular formula is C14H19NS. The van der Waals surface area contributed by atoms with E-state index in [2.05, 4.69) is 43.1 Å². The van der Waals surface area contributed by atoms with Crippen LogP contribution in [-0.2, 0) is 0 Å². The molecule has 0 bridgehead atoms. The lowest BCUT2D eigenvalue weighted by Gasteiger charge is -2.16. The van der Waals surface area contributed by atoms with Gasteiger partial charge in [-0.2, -0.15) is 0 Å². The van der Waals surface area contributed by atoms with Crippen LogP contribution in [0.1, 0.15) is 24.8 Å². The molecule has 86 valence electrons. The second-order valence-electron chi connectivity index (χ2n) is 4.38. The summed E-state index contributed by atoms with van der Waals surface area (Å²) in [6.07, 6.45) is 3.02. The Morgan fingerprint density at radius 2 is 2.38 bits per heavy atom. The minimum Gasteiger partial charge on any atom is -0.313 e. The molecule has 2 rings (SSSR count). The molecule has 1 heterocycles. The second-order valence-corrected chi connectivity index (χ2v) is 5.44. The van der Waals surface area contributed by atoms with Gasteiger partial charge in [0.1, 0.15) is 0 Å². The van der Waals surface area contributed by atoms with Gasteiger partial charge in [0.2, 0.25) is 0 Å². The maximum absolute atomic E-state index is 3.77. The molecule has 2 atom stereocenters. The van der Waals surface area contributed by atoms with Gasteiger partial charge < -0.3 is 5.32 Å². The fourth-order valence-electron chi connectivity index (χ4n) is 2.08. The number of nitrogens with one attached hydrogen (secondary N) is 1. The number of benzene rings is 1. The van der Waals surface area contributed by atoms with E-state index >= 15 is 0 Å². The lowest BCUT2D eigenvalue weighted by molar-refractivity contribution is 0.526. The van der Waals surface area contributed by atoms with E-state index in [-0.39, 0.29) is 0 Å². The molecule has 1 nitrogen and oxygen atoms in total. The van der Waals surface area contributed by atoms with E-state index in [1.54, 1.807) is 0 Å². The van der Waals surface area contributed by atoms with Crippen molar-refractivity contribution in [2.75, 3.05) is 12.3 Å². The Bertz CT molecular complexity index is 362. The molecule has 2 unspecified atom stereocenters. The summed E-state index contributed by atoms with van der Waals surface area (Å²) in [6, 6.07) is 9.30. The van der Waals surface area contributed by atoms with E-state index in [1.165, 1.54) is 16.2 Å². The Kier molecular flexibility index (Phi) is 4.08. The molecule has 0 aromatic heterocycles. The first-order valence-electron chi connectivity index (χ1n) is 5.87. The Balaban J connectivity index is 1.91. The van der Waals surface area contributed by atoms with Crippen LogP contribution in [0.2, 0.25) is 0 Å². The molecule has 0 fully saturated rings. The zero-order chi connectivity index (χ0) is 11.4. The monoisotopic (exact) mass is 233 g/mol. The molecule has 0 amide bonds. The van der Waals surface area contributed by atoms with Crippen LogP contribution in [0.25, 0.3) is 0 Å². The maximum Gasteiger partial charge on any atom is 0.0108 e. The quantitative estimate of drug-likeness (QED) is 0.782. The number of hydrogen-bond acceptors (Lipinski definition) is 2. The fraction of sp³-hybridized carbons (Fsp3) is 0.429. The predicted molar refractivity (Wildman–Crippen MR) is 72.2 cm³/mol. The summed E-state index contributed by atoms with van der Waals surface area (Å²) in [5, 5.41) is 3.58. The summed E-state index contributed by atoms with van der Waals surface area (Å²) in [5.41, 5.74) is 1.52. The van der Waals surface area contributed by atoms with Crippen molar-refractivity contribution in [1.82, 2.24) is 5.32 Å². The molecular weight excluding hydrogens is 214 g/mol. The first kappa shape index (κ1) is 11.7. The van der Waals surface area contributed by atoms with Crippen LogP contribution in [0.5, 0.6) is 0 Å². The zero-order valence-electron chi connectivity index (χ0n) is 9.78. The van der Waals surface area contributed by atoms with Gasteiger partial charge in [-0.15, -0.1) is 18.3 Å². The molecule has 2 heteroatoms. The van der Waals surface area contributed by atoms with Crippen molar-refractivity contribution in [2.45, 2.75) is 30.2 Å². The van der Waals surface area contributed by atoms with Gasteiger partial charge in [0.15, 0.2) is 0 Å². The van der Waals surface area contributed by atoms with Gasteiger partial charge in [0.05, 0.1) is 0 Å². The Morgan fingerprint density at radius 3 is 3.19 bits per heavy atom. The van der Waals surface area contributed by atoms with Crippen LogP contribution in [0.15, 0.2) is 41.8 Å². The minimum atomic E-state index is 0.537. The standard InChI is InChI=1S/C14H19NS/c1-3-6-11(2)15-9-12-10-16-14-8-5-4-7-13(12)14/h3-5,7-8,11-12,15H,1,6,9-10H2,2H3. The smallest absolute Gasteiger partial charge is 0.0108 e. The lowest BCUT2D eigenvalue weighted by atomic mass is 10.0. The highest BCUT2D eigenvalue weighted by atomic mass is 32.2. The normalized spacial score (nSPS) is 20.4. The van der Waals surface area contributed by atoms with Crippen LogP contribution < -0.4 is 5.32 Å². The summed E-state index contributed by atoms with van der Waals surface area (Å²) in [7, 11) is 0. The molecule has 1 aliphatic rings. The van der Waals surface area contributed by atoms with Gasteiger partial charge in [-0.1, -0.05) is 24.3 Å². The average Bonchev–Trinajstić information content (AvgIpc) is 2.70. The fourth-order valence-corrected chi connectivity index (χ4v) is 3.33. The third-order valence-electron chi connectivity index (χ3n) is 3.03. The van der Waals surface area contributed by atoms with E-state index in [9.17, 15) is 0 Å². The highest BCUT2D eigenvalue weighted by Gasteiger charge is 2.22. The SMILES string of the molecule is C=CCC(C)NCC1CSc2ccccc21. The van der Waals surface area contributed by atoms with Crippen molar-refractivity contribution >= 4 is 11.8 Å². The minimum absolute atomic E-state index is 0.537. The lowest BCUT2D eigenvalue weighted by Crippen LogP contribution is -2.30. The molecule has 0 saturated carbocycles.